The molecule has 0 spiro atoms. The number of ether oxygens (including phenoxy) is 1. The Morgan fingerprint density at radius 3 is 2.28 bits per heavy atom. The van der Waals surface area contributed by atoms with Gasteiger partial charge in [0, 0.05) is 11.1 Å². The van der Waals surface area contributed by atoms with Gasteiger partial charge in [0.05, 0.1) is 9.31 Å². The highest BCUT2D eigenvalue weighted by Crippen LogP contribution is 2.60. The highest BCUT2D eigenvalue weighted by Gasteiger charge is 2.61. The van der Waals surface area contributed by atoms with E-state index in [1.54, 1.807) is 6.92 Å². The third-order valence-corrected chi connectivity index (χ3v) is 5.46. The number of carbonyl (C=O) groups is 1. The molecule has 25 heavy (non-hydrogen) atoms. The minimum absolute atomic E-state index is 0.0317. The van der Waals surface area contributed by atoms with Crippen molar-refractivity contribution in [2.75, 3.05) is 0 Å². The number of esters is 1. The Bertz CT molecular complexity index is 741. The molecular weight excluding hydrogens is 465 g/mol. The first-order chi connectivity index (χ1) is 11.5. The van der Waals surface area contributed by atoms with Gasteiger partial charge in [-0.25, -0.2) is 13.2 Å². The molecule has 0 aromatic heterocycles. The first-order valence-electron chi connectivity index (χ1n) is 7.88. The minimum Gasteiger partial charge on any atom is -0.460 e. The van der Waals surface area contributed by atoms with E-state index in [1.165, 1.54) is 6.92 Å². The fourth-order valence-electron chi connectivity index (χ4n) is 3.21. The van der Waals surface area contributed by atoms with Gasteiger partial charge in [-0.3, -0.25) is 4.79 Å². The maximum Gasteiger partial charge on any atom is 0.310 e. The van der Waals surface area contributed by atoms with Crippen molar-refractivity contribution in [3.05, 3.63) is 43.6 Å². The maximum atomic E-state index is 14.2. The molecule has 2 rings (SSSR count). The number of rotatable bonds is 5. The molecule has 7 heteroatoms. The molecule has 1 fully saturated rings. The highest BCUT2D eigenvalue weighted by atomic mass is 79.9. The zero-order valence-corrected chi connectivity index (χ0v) is 17.5. The molecule has 0 unspecified atom stereocenters. The number of carbonyl (C=O) groups excluding carboxylic acids is 1. The Balaban J connectivity index is 2.20. The van der Waals surface area contributed by atoms with Crippen molar-refractivity contribution in [1.82, 2.24) is 0 Å². The Morgan fingerprint density at radius 2 is 1.76 bits per heavy atom. The van der Waals surface area contributed by atoms with Crippen molar-refractivity contribution in [1.29, 1.82) is 0 Å². The first-order valence-corrected chi connectivity index (χ1v) is 9.46. The number of hydrogen-bond acceptors (Lipinski definition) is 2. The average Bonchev–Trinajstić information content (AvgIpc) is 3.06. The Labute approximate surface area is 162 Å². The molecule has 2 atom stereocenters. The van der Waals surface area contributed by atoms with E-state index in [1.807, 2.05) is 19.9 Å². The summed E-state index contributed by atoms with van der Waals surface area (Å²) in [5.74, 6) is -4.10. The van der Waals surface area contributed by atoms with Crippen molar-refractivity contribution < 1.29 is 22.7 Å². The number of benzene rings is 1. The second kappa shape index (κ2) is 7.43. The Hall–Kier alpha value is -0.820. The average molecular weight is 484 g/mol. The molecule has 138 valence electrons. The molecule has 0 radical (unpaired) electrons. The molecule has 1 aliphatic carbocycles. The smallest absolute Gasteiger partial charge is 0.310 e. The SMILES string of the molecule is CCc1c(F)c(C)c(F)c(F)c1COC(=O)[C@@H]1[C@H](C=C(Br)Br)C1(C)C. The second-order valence-corrected chi connectivity index (χ2v) is 9.54. The quantitative estimate of drug-likeness (QED) is 0.383. The Morgan fingerprint density at radius 1 is 1.16 bits per heavy atom. The van der Waals surface area contributed by atoms with E-state index >= 15 is 0 Å². The van der Waals surface area contributed by atoms with Crippen molar-refractivity contribution in [2.45, 2.75) is 40.7 Å². The number of allylic oxidation sites excluding steroid dienone is 1. The van der Waals surface area contributed by atoms with Crippen LogP contribution in [0.2, 0.25) is 0 Å². The summed E-state index contributed by atoms with van der Waals surface area (Å²) in [6.07, 6.45) is 2.03. The van der Waals surface area contributed by atoms with E-state index < -0.39 is 30.0 Å². The van der Waals surface area contributed by atoms with Gasteiger partial charge in [0.2, 0.25) is 0 Å². The maximum absolute atomic E-state index is 14.2. The van der Waals surface area contributed by atoms with Crippen LogP contribution in [0.15, 0.2) is 9.47 Å². The van der Waals surface area contributed by atoms with Crippen LogP contribution in [0.25, 0.3) is 0 Å². The van der Waals surface area contributed by atoms with Crippen LogP contribution in [0.5, 0.6) is 0 Å². The highest BCUT2D eigenvalue weighted by molar-refractivity contribution is 9.28. The van der Waals surface area contributed by atoms with E-state index in [2.05, 4.69) is 31.9 Å². The lowest BCUT2D eigenvalue weighted by atomic mass is 10.0. The van der Waals surface area contributed by atoms with E-state index in [4.69, 9.17) is 4.74 Å². The predicted molar refractivity (Wildman–Crippen MR) is 96.9 cm³/mol. The fourth-order valence-corrected chi connectivity index (χ4v) is 3.78. The minimum atomic E-state index is -1.24. The lowest BCUT2D eigenvalue weighted by molar-refractivity contribution is -0.147. The molecule has 1 saturated carbocycles. The summed E-state index contributed by atoms with van der Waals surface area (Å²) in [5.41, 5.74) is -0.845. The molecule has 1 aromatic rings. The summed E-state index contributed by atoms with van der Waals surface area (Å²) in [4.78, 5) is 12.3. The van der Waals surface area contributed by atoms with Gasteiger partial charge in [-0.05, 0) is 62.1 Å². The van der Waals surface area contributed by atoms with Crippen molar-refractivity contribution in [2.24, 2.45) is 17.3 Å². The van der Waals surface area contributed by atoms with E-state index in [9.17, 15) is 18.0 Å². The van der Waals surface area contributed by atoms with Crippen LogP contribution in [0.1, 0.15) is 37.5 Å². The molecule has 0 aliphatic heterocycles. The fraction of sp³-hybridized carbons (Fsp3) is 0.500. The molecule has 0 heterocycles. The summed E-state index contributed by atoms with van der Waals surface area (Å²) in [7, 11) is 0. The van der Waals surface area contributed by atoms with Crippen molar-refractivity contribution in [3.8, 4) is 0 Å². The molecule has 0 saturated heterocycles. The Kier molecular flexibility index (Phi) is 6.09. The van der Waals surface area contributed by atoms with Gasteiger partial charge in [0.25, 0.3) is 0 Å². The summed E-state index contributed by atoms with van der Waals surface area (Å²) >= 11 is 6.53. The van der Waals surface area contributed by atoms with E-state index in [-0.39, 0.29) is 40.4 Å². The van der Waals surface area contributed by atoms with Crippen LogP contribution in [0, 0.1) is 41.6 Å². The summed E-state index contributed by atoms with van der Waals surface area (Å²) in [6.45, 7) is 6.18. The molecule has 1 aromatic carbocycles. The van der Waals surface area contributed by atoms with Crippen molar-refractivity contribution in [3.63, 3.8) is 0 Å². The van der Waals surface area contributed by atoms with Gasteiger partial charge in [-0.1, -0.05) is 26.8 Å². The topological polar surface area (TPSA) is 26.3 Å². The molecule has 0 N–H and O–H groups in total. The zero-order chi connectivity index (χ0) is 19.1. The number of hydrogen-bond donors (Lipinski definition) is 0. The normalized spacial score (nSPS) is 21.0. The first kappa shape index (κ1) is 20.5. The van der Waals surface area contributed by atoms with Gasteiger partial charge in [0.15, 0.2) is 11.6 Å². The molecule has 2 nitrogen and oxygen atoms in total. The van der Waals surface area contributed by atoms with Crippen LogP contribution in [0.4, 0.5) is 13.2 Å². The lowest BCUT2D eigenvalue weighted by Gasteiger charge is -2.14. The van der Waals surface area contributed by atoms with E-state index in [0.717, 1.165) is 3.39 Å². The van der Waals surface area contributed by atoms with Crippen molar-refractivity contribution >= 4 is 37.8 Å². The molecular formula is C18H19Br2F3O2. The summed E-state index contributed by atoms with van der Waals surface area (Å²) < 4.78 is 48.1. The van der Waals surface area contributed by atoms with Crippen LogP contribution in [0.3, 0.4) is 0 Å². The van der Waals surface area contributed by atoms with Gasteiger partial charge in [0.1, 0.15) is 12.4 Å². The van der Waals surface area contributed by atoms with Gasteiger partial charge >= 0.3 is 5.97 Å². The van der Waals surface area contributed by atoms with Gasteiger partial charge < -0.3 is 4.74 Å². The third-order valence-electron chi connectivity index (χ3n) is 4.93. The van der Waals surface area contributed by atoms with Crippen LogP contribution < -0.4 is 0 Å². The van der Waals surface area contributed by atoms with Gasteiger partial charge in [-0.15, -0.1) is 0 Å². The summed E-state index contributed by atoms with van der Waals surface area (Å²) in [6, 6.07) is 0. The molecule has 1 aliphatic rings. The van der Waals surface area contributed by atoms with Crippen LogP contribution in [-0.4, -0.2) is 5.97 Å². The monoisotopic (exact) mass is 482 g/mol. The molecule has 0 bridgehead atoms. The lowest BCUT2D eigenvalue weighted by Crippen LogP contribution is -2.14. The van der Waals surface area contributed by atoms with Crippen LogP contribution in [-0.2, 0) is 22.6 Å². The van der Waals surface area contributed by atoms with E-state index in [0.29, 0.717) is 0 Å². The third kappa shape index (κ3) is 3.82. The van der Waals surface area contributed by atoms with Gasteiger partial charge in [-0.2, -0.15) is 0 Å². The molecule has 0 amide bonds. The zero-order valence-electron chi connectivity index (χ0n) is 14.4. The summed E-state index contributed by atoms with van der Waals surface area (Å²) in [5, 5.41) is 0. The largest absolute Gasteiger partial charge is 0.460 e. The predicted octanol–water partition coefficient (Wildman–Crippen LogP) is 5.92. The number of halogens is 5. The second-order valence-electron chi connectivity index (χ2n) is 6.77. The standard InChI is InChI=1S/C18H19Br2F3O2/c1-5-9-10(16(23)15(22)8(2)14(9)21)7-25-17(24)13-11(6-12(19)20)18(13,3)4/h6,11,13H,5,7H2,1-4H3/t11-,13-/m0/s1. The van der Waals surface area contributed by atoms with Crippen LogP contribution >= 0.6 is 31.9 Å².